The van der Waals surface area contributed by atoms with Gasteiger partial charge in [-0.05, 0) is 25.3 Å². The van der Waals surface area contributed by atoms with Gasteiger partial charge in [-0.3, -0.25) is 9.59 Å². The Kier molecular flexibility index (Phi) is 6.49. The highest BCUT2D eigenvalue weighted by molar-refractivity contribution is 7.10. The van der Waals surface area contributed by atoms with Gasteiger partial charge < -0.3 is 10.4 Å². The van der Waals surface area contributed by atoms with E-state index in [1.165, 1.54) is 11.3 Å². The molecule has 0 saturated heterocycles. The summed E-state index contributed by atoms with van der Waals surface area (Å²) in [5, 5.41) is 14.5. The lowest BCUT2D eigenvalue weighted by molar-refractivity contribution is -0.149. The van der Waals surface area contributed by atoms with Gasteiger partial charge in [0.1, 0.15) is 0 Å². The van der Waals surface area contributed by atoms with Crippen LogP contribution >= 0.6 is 22.9 Å². The van der Waals surface area contributed by atoms with Crippen molar-refractivity contribution >= 4 is 34.8 Å². The second-order valence-electron chi connectivity index (χ2n) is 4.80. The molecule has 0 aliphatic heterocycles. The second kappa shape index (κ2) is 7.64. The highest BCUT2D eigenvalue weighted by Crippen LogP contribution is 2.25. The number of rotatable bonds is 8. The van der Waals surface area contributed by atoms with Crippen LogP contribution in [-0.4, -0.2) is 23.5 Å². The largest absolute Gasteiger partial charge is 0.481 e. The van der Waals surface area contributed by atoms with Gasteiger partial charge in [0.2, 0.25) is 5.91 Å². The van der Waals surface area contributed by atoms with E-state index in [1.807, 2.05) is 25.3 Å². The number of hydrogen-bond donors (Lipinski definition) is 2. The number of aliphatic carboxylic acids is 1. The fourth-order valence-electron chi connectivity index (χ4n) is 1.96. The Morgan fingerprint density at radius 1 is 1.40 bits per heavy atom. The molecule has 112 valence electrons. The number of halogens is 1. The molecular weight excluding hydrogens is 298 g/mol. The zero-order chi connectivity index (χ0) is 15.2. The molecule has 4 nitrogen and oxygen atoms in total. The third-order valence-corrected chi connectivity index (χ3v) is 5.00. The molecule has 0 unspecified atom stereocenters. The first-order valence-corrected chi connectivity index (χ1v) is 7.92. The molecule has 1 aromatic rings. The molecular formula is C14H20ClNO3S. The minimum atomic E-state index is -0.859. The van der Waals surface area contributed by atoms with Crippen molar-refractivity contribution in [3.8, 4) is 0 Å². The maximum Gasteiger partial charge on any atom is 0.311 e. The van der Waals surface area contributed by atoms with Gasteiger partial charge in [0.25, 0.3) is 0 Å². The van der Waals surface area contributed by atoms with Crippen molar-refractivity contribution < 1.29 is 14.7 Å². The molecule has 6 heteroatoms. The SMILES string of the molecule is CCC(CC)(CNC(=O)CCc1cc(Cl)cs1)C(=O)O. The number of carbonyl (C=O) groups excluding carboxylic acids is 1. The number of amides is 1. The fraction of sp³-hybridized carbons (Fsp3) is 0.571. The van der Waals surface area contributed by atoms with Crippen molar-refractivity contribution in [2.45, 2.75) is 39.5 Å². The van der Waals surface area contributed by atoms with E-state index in [-0.39, 0.29) is 12.5 Å². The average molecular weight is 318 g/mol. The molecule has 20 heavy (non-hydrogen) atoms. The number of carboxylic acid groups (broad SMARTS) is 1. The molecule has 0 saturated carbocycles. The van der Waals surface area contributed by atoms with E-state index in [0.29, 0.717) is 30.7 Å². The van der Waals surface area contributed by atoms with Crippen LogP contribution in [-0.2, 0) is 16.0 Å². The first kappa shape index (κ1) is 17.0. The summed E-state index contributed by atoms with van der Waals surface area (Å²) in [6, 6.07) is 1.85. The molecule has 1 amide bonds. The van der Waals surface area contributed by atoms with Crippen LogP contribution in [0.15, 0.2) is 11.4 Å². The van der Waals surface area contributed by atoms with Gasteiger partial charge in [0.15, 0.2) is 0 Å². The number of carbonyl (C=O) groups is 2. The Bertz CT molecular complexity index is 469. The summed E-state index contributed by atoms with van der Waals surface area (Å²) in [6.45, 7) is 3.84. The predicted octanol–water partition coefficient (Wildman–Crippen LogP) is 3.34. The van der Waals surface area contributed by atoms with E-state index in [2.05, 4.69) is 5.32 Å². The standard InChI is InChI=1S/C14H20ClNO3S/c1-3-14(4-2,13(18)19)9-16-12(17)6-5-11-7-10(15)8-20-11/h7-8H,3-6,9H2,1-2H3,(H,16,17)(H,18,19). The molecule has 1 heterocycles. The number of thiophene rings is 1. The third-order valence-electron chi connectivity index (χ3n) is 3.65. The zero-order valence-electron chi connectivity index (χ0n) is 11.7. The highest BCUT2D eigenvalue weighted by atomic mass is 35.5. The Labute approximate surface area is 128 Å². The van der Waals surface area contributed by atoms with Crippen LogP contribution < -0.4 is 5.32 Å². The Morgan fingerprint density at radius 3 is 2.50 bits per heavy atom. The molecule has 1 aromatic heterocycles. The van der Waals surface area contributed by atoms with E-state index >= 15 is 0 Å². The first-order chi connectivity index (χ1) is 9.43. The summed E-state index contributed by atoms with van der Waals surface area (Å²) >= 11 is 7.34. The Balaban J connectivity index is 2.44. The van der Waals surface area contributed by atoms with Gasteiger partial charge in [0, 0.05) is 23.2 Å². The van der Waals surface area contributed by atoms with Crippen LogP contribution in [0.1, 0.15) is 38.0 Å². The topological polar surface area (TPSA) is 66.4 Å². The summed E-state index contributed by atoms with van der Waals surface area (Å²) in [4.78, 5) is 24.2. The van der Waals surface area contributed by atoms with Crippen molar-refractivity contribution in [2.75, 3.05) is 6.54 Å². The summed E-state index contributed by atoms with van der Waals surface area (Å²) in [5.41, 5.74) is -0.859. The van der Waals surface area contributed by atoms with Crippen LogP contribution in [0, 0.1) is 5.41 Å². The van der Waals surface area contributed by atoms with E-state index in [9.17, 15) is 14.7 Å². The van der Waals surface area contributed by atoms with Gasteiger partial charge in [0.05, 0.1) is 10.4 Å². The van der Waals surface area contributed by atoms with Crippen molar-refractivity contribution in [3.05, 3.63) is 21.3 Å². The molecule has 0 aliphatic rings. The average Bonchev–Trinajstić information content (AvgIpc) is 2.83. The van der Waals surface area contributed by atoms with Crippen LogP contribution in [0.4, 0.5) is 0 Å². The summed E-state index contributed by atoms with van der Waals surface area (Å²) in [7, 11) is 0. The second-order valence-corrected chi connectivity index (χ2v) is 6.23. The van der Waals surface area contributed by atoms with Crippen LogP contribution in [0.2, 0.25) is 5.02 Å². The van der Waals surface area contributed by atoms with Gasteiger partial charge in [-0.2, -0.15) is 0 Å². The van der Waals surface area contributed by atoms with Crippen molar-refractivity contribution in [1.29, 1.82) is 0 Å². The quantitative estimate of drug-likeness (QED) is 0.772. The number of aryl methyl sites for hydroxylation is 1. The molecule has 0 atom stereocenters. The van der Waals surface area contributed by atoms with Crippen LogP contribution in [0.25, 0.3) is 0 Å². The normalized spacial score (nSPS) is 11.3. The summed E-state index contributed by atoms with van der Waals surface area (Å²) < 4.78 is 0. The fourth-order valence-corrected chi connectivity index (χ4v) is 3.03. The van der Waals surface area contributed by atoms with E-state index < -0.39 is 11.4 Å². The maximum absolute atomic E-state index is 11.8. The lowest BCUT2D eigenvalue weighted by atomic mass is 9.82. The molecule has 0 radical (unpaired) electrons. The van der Waals surface area contributed by atoms with E-state index in [4.69, 9.17) is 11.6 Å². The van der Waals surface area contributed by atoms with Gasteiger partial charge in [-0.15, -0.1) is 11.3 Å². The molecule has 0 aromatic carbocycles. The molecule has 0 spiro atoms. The van der Waals surface area contributed by atoms with Gasteiger partial charge >= 0.3 is 5.97 Å². The van der Waals surface area contributed by atoms with Gasteiger partial charge in [-0.25, -0.2) is 0 Å². The monoisotopic (exact) mass is 317 g/mol. The van der Waals surface area contributed by atoms with E-state index in [0.717, 1.165) is 4.88 Å². The summed E-state index contributed by atoms with van der Waals surface area (Å²) in [5.74, 6) is -0.977. The lowest BCUT2D eigenvalue weighted by Crippen LogP contribution is -2.42. The minimum absolute atomic E-state index is 0.123. The number of carboxylic acids is 1. The van der Waals surface area contributed by atoms with Crippen molar-refractivity contribution in [3.63, 3.8) is 0 Å². The molecule has 0 bridgehead atoms. The molecule has 0 fully saturated rings. The van der Waals surface area contributed by atoms with E-state index in [1.54, 1.807) is 0 Å². The minimum Gasteiger partial charge on any atom is -0.481 e. The molecule has 1 rings (SSSR count). The lowest BCUT2D eigenvalue weighted by Gasteiger charge is -2.26. The summed E-state index contributed by atoms with van der Waals surface area (Å²) in [6.07, 6.45) is 1.97. The maximum atomic E-state index is 11.8. The molecule has 2 N–H and O–H groups in total. The van der Waals surface area contributed by atoms with Crippen molar-refractivity contribution in [2.24, 2.45) is 5.41 Å². The highest BCUT2D eigenvalue weighted by Gasteiger charge is 2.34. The smallest absolute Gasteiger partial charge is 0.311 e. The number of nitrogens with one attached hydrogen (secondary N) is 1. The molecule has 0 aliphatic carbocycles. The van der Waals surface area contributed by atoms with Crippen LogP contribution in [0.5, 0.6) is 0 Å². The van der Waals surface area contributed by atoms with Gasteiger partial charge in [-0.1, -0.05) is 25.4 Å². The zero-order valence-corrected chi connectivity index (χ0v) is 13.3. The predicted molar refractivity (Wildman–Crippen MR) is 81.3 cm³/mol. The van der Waals surface area contributed by atoms with Crippen LogP contribution in [0.3, 0.4) is 0 Å². The number of hydrogen-bond acceptors (Lipinski definition) is 3. The Morgan fingerprint density at radius 2 is 2.05 bits per heavy atom. The Hall–Kier alpha value is -1.07. The van der Waals surface area contributed by atoms with Crippen molar-refractivity contribution in [1.82, 2.24) is 5.32 Å². The first-order valence-electron chi connectivity index (χ1n) is 6.66. The third kappa shape index (κ3) is 4.49.